The van der Waals surface area contributed by atoms with Crippen LogP contribution in [-0.4, -0.2) is 20.6 Å². The van der Waals surface area contributed by atoms with Crippen molar-refractivity contribution in [3.8, 4) is 5.69 Å². The zero-order chi connectivity index (χ0) is 12.4. The number of hydrogen-bond acceptors (Lipinski definition) is 2. The number of rotatable bonds is 3. The van der Waals surface area contributed by atoms with E-state index in [4.69, 9.17) is 5.11 Å². The Labute approximate surface area is 99.5 Å². The molecule has 0 amide bonds. The minimum atomic E-state index is -0.845. The number of aryl methyl sites for hydroxylation is 2. The van der Waals surface area contributed by atoms with Crippen LogP contribution in [0, 0.1) is 13.8 Å². The maximum atomic E-state index is 10.8. The number of aromatic nitrogens is 2. The predicted molar refractivity (Wildman–Crippen MR) is 64.4 cm³/mol. The lowest BCUT2D eigenvalue weighted by molar-refractivity contribution is -0.136. The Hall–Kier alpha value is -2.10. The van der Waals surface area contributed by atoms with Gasteiger partial charge in [-0.3, -0.25) is 4.79 Å². The van der Waals surface area contributed by atoms with Crippen LogP contribution in [0.15, 0.2) is 30.6 Å². The van der Waals surface area contributed by atoms with Gasteiger partial charge in [-0.25, -0.2) is 4.98 Å². The number of carboxylic acids is 1. The van der Waals surface area contributed by atoms with Crippen molar-refractivity contribution in [1.82, 2.24) is 9.55 Å². The molecule has 0 aliphatic heterocycles. The molecule has 88 valence electrons. The SMILES string of the molecule is Cc1cccc(-n2cnc(C)c2CC(=O)O)c1. The maximum Gasteiger partial charge on any atom is 0.309 e. The third-order valence-corrected chi connectivity index (χ3v) is 2.67. The van der Waals surface area contributed by atoms with Crippen molar-refractivity contribution in [2.75, 3.05) is 0 Å². The molecule has 0 bridgehead atoms. The summed E-state index contributed by atoms with van der Waals surface area (Å²) < 4.78 is 1.83. The van der Waals surface area contributed by atoms with E-state index < -0.39 is 5.97 Å². The van der Waals surface area contributed by atoms with E-state index in [2.05, 4.69) is 4.98 Å². The molecule has 2 aromatic rings. The second-order valence-corrected chi connectivity index (χ2v) is 4.06. The first-order valence-electron chi connectivity index (χ1n) is 5.39. The minimum Gasteiger partial charge on any atom is -0.481 e. The quantitative estimate of drug-likeness (QED) is 0.878. The molecule has 0 saturated heterocycles. The molecule has 0 fully saturated rings. The molecule has 4 heteroatoms. The van der Waals surface area contributed by atoms with Gasteiger partial charge in [0.25, 0.3) is 0 Å². The van der Waals surface area contributed by atoms with Gasteiger partial charge in [-0.2, -0.15) is 0 Å². The number of carbonyl (C=O) groups is 1. The summed E-state index contributed by atoms with van der Waals surface area (Å²) in [5.74, 6) is -0.845. The van der Waals surface area contributed by atoms with Crippen molar-refractivity contribution >= 4 is 5.97 Å². The molecule has 0 unspecified atom stereocenters. The van der Waals surface area contributed by atoms with Crippen molar-refractivity contribution in [2.24, 2.45) is 0 Å². The van der Waals surface area contributed by atoms with Crippen molar-refractivity contribution < 1.29 is 9.90 Å². The molecule has 0 atom stereocenters. The topological polar surface area (TPSA) is 55.1 Å². The van der Waals surface area contributed by atoms with E-state index in [1.165, 1.54) is 0 Å². The average Bonchev–Trinajstić information content (AvgIpc) is 2.60. The van der Waals surface area contributed by atoms with Crippen LogP contribution in [0.25, 0.3) is 5.69 Å². The number of aliphatic carboxylic acids is 1. The fourth-order valence-corrected chi connectivity index (χ4v) is 1.82. The Bertz CT molecular complexity index is 558. The predicted octanol–water partition coefficient (Wildman–Crippen LogP) is 2.12. The summed E-state index contributed by atoms with van der Waals surface area (Å²) in [5, 5.41) is 8.89. The van der Waals surface area contributed by atoms with Gasteiger partial charge in [0.2, 0.25) is 0 Å². The molecule has 2 rings (SSSR count). The number of nitrogens with zero attached hydrogens (tertiary/aromatic N) is 2. The zero-order valence-corrected chi connectivity index (χ0v) is 9.84. The van der Waals surface area contributed by atoms with Crippen LogP contribution >= 0.6 is 0 Å². The first-order valence-corrected chi connectivity index (χ1v) is 5.39. The summed E-state index contributed by atoms with van der Waals surface area (Å²) in [6.07, 6.45) is 1.65. The van der Waals surface area contributed by atoms with E-state index >= 15 is 0 Å². The molecule has 17 heavy (non-hydrogen) atoms. The molecule has 1 N–H and O–H groups in total. The minimum absolute atomic E-state index is 0.0141. The molecule has 1 heterocycles. The molecular formula is C13H14N2O2. The van der Waals surface area contributed by atoms with Crippen LogP contribution in [0.3, 0.4) is 0 Å². The fraction of sp³-hybridized carbons (Fsp3) is 0.231. The lowest BCUT2D eigenvalue weighted by atomic mass is 10.2. The number of hydrogen-bond donors (Lipinski definition) is 1. The van der Waals surface area contributed by atoms with Gasteiger partial charge in [-0.1, -0.05) is 12.1 Å². The van der Waals surface area contributed by atoms with Gasteiger partial charge in [0.15, 0.2) is 0 Å². The standard InChI is InChI=1S/C13H14N2O2/c1-9-4-3-5-11(6-9)15-8-14-10(2)12(15)7-13(16)17/h3-6,8H,7H2,1-2H3,(H,16,17). The summed E-state index contributed by atoms with van der Waals surface area (Å²) in [7, 11) is 0. The third-order valence-electron chi connectivity index (χ3n) is 2.67. The Morgan fingerprint density at radius 2 is 2.18 bits per heavy atom. The van der Waals surface area contributed by atoms with Gasteiger partial charge in [0.05, 0.1) is 24.1 Å². The molecule has 0 saturated carbocycles. The Morgan fingerprint density at radius 3 is 2.82 bits per heavy atom. The van der Waals surface area contributed by atoms with E-state index in [-0.39, 0.29) is 6.42 Å². The summed E-state index contributed by atoms with van der Waals surface area (Å²) in [4.78, 5) is 15.0. The van der Waals surface area contributed by atoms with Crippen molar-refractivity contribution in [2.45, 2.75) is 20.3 Å². The van der Waals surface area contributed by atoms with E-state index in [0.29, 0.717) is 0 Å². The Kier molecular flexibility index (Phi) is 2.95. The van der Waals surface area contributed by atoms with Crippen LogP contribution in [-0.2, 0) is 11.2 Å². The van der Waals surface area contributed by atoms with Crippen LogP contribution in [0.2, 0.25) is 0 Å². The summed E-state index contributed by atoms with van der Waals surface area (Å²) in [5.41, 5.74) is 3.56. The molecule has 0 spiro atoms. The first kappa shape index (κ1) is 11.4. The second-order valence-electron chi connectivity index (χ2n) is 4.06. The third kappa shape index (κ3) is 2.36. The average molecular weight is 230 g/mol. The molecule has 1 aromatic heterocycles. The Morgan fingerprint density at radius 1 is 1.41 bits per heavy atom. The van der Waals surface area contributed by atoms with Crippen molar-refractivity contribution in [3.05, 3.63) is 47.5 Å². The van der Waals surface area contributed by atoms with E-state index in [9.17, 15) is 4.79 Å². The molecule has 0 aliphatic rings. The molecule has 0 aliphatic carbocycles. The normalized spacial score (nSPS) is 10.5. The smallest absolute Gasteiger partial charge is 0.309 e. The van der Waals surface area contributed by atoms with Gasteiger partial charge in [-0.15, -0.1) is 0 Å². The van der Waals surface area contributed by atoms with E-state index in [1.807, 2.05) is 42.7 Å². The van der Waals surface area contributed by atoms with Crippen LogP contribution in [0.1, 0.15) is 17.0 Å². The number of carboxylic acid groups (broad SMARTS) is 1. The van der Waals surface area contributed by atoms with Gasteiger partial charge >= 0.3 is 5.97 Å². The Balaban J connectivity index is 2.48. The number of imidazole rings is 1. The molecule has 0 radical (unpaired) electrons. The van der Waals surface area contributed by atoms with Crippen molar-refractivity contribution in [1.29, 1.82) is 0 Å². The van der Waals surface area contributed by atoms with Crippen LogP contribution in [0.5, 0.6) is 0 Å². The summed E-state index contributed by atoms with van der Waals surface area (Å²) in [6, 6.07) is 7.90. The zero-order valence-electron chi connectivity index (χ0n) is 9.84. The molecule has 1 aromatic carbocycles. The molecule has 4 nitrogen and oxygen atoms in total. The van der Waals surface area contributed by atoms with Gasteiger partial charge < -0.3 is 9.67 Å². The first-order chi connectivity index (χ1) is 8.08. The monoisotopic (exact) mass is 230 g/mol. The van der Waals surface area contributed by atoms with Crippen molar-refractivity contribution in [3.63, 3.8) is 0 Å². The molecular weight excluding hydrogens is 216 g/mol. The lowest BCUT2D eigenvalue weighted by Crippen LogP contribution is -2.07. The summed E-state index contributed by atoms with van der Waals surface area (Å²) >= 11 is 0. The second kappa shape index (κ2) is 4.41. The van der Waals surface area contributed by atoms with E-state index in [1.54, 1.807) is 6.33 Å². The van der Waals surface area contributed by atoms with Gasteiger partial charge in [-0.05, 0) is 31.5 Å². The highest BCUT2D eigenvalue weighted by atomic mass is 16.4. The summed E-state index contributed by atoms with van der Waals surface area (Å²) in [6.45, 7) is 3.83. The fourth-order valence-electron chi connectivity index (χ4n) is 1.82. The highest BCUT2D eigenvalue weighted by Gasteiger charge is 2.12. The largest absolute Gasteiger partial charge is 0.481 e. The highest BCUT2D eigenvalue weighted by molar-refractivity contribution is 5.70. The van der Waals surface area contributed by atoms with Crippen LogP contribution < -0.4 is 0 Å². The van der Waals surface area contributed by atoms with Gasteiger partial charge in [0.1, 0.15) is 0 Å². The highest BCUT2D eigenvalue weighted by Crippen LogP contribution is 2.16. The van der Waals surface area contributed by atoms with E-state index in [0.717, 1.165) is 22.6 Å². The van der Waals surface area contributed by atoms with Gasteiger partial charge in [0, 0.05) is 5.69 Å². The number of benzene rings is 1. The lowest BCUT2D eigenvalue weighted by Gasteiger charge is -2.08. The van der Waals surface area contributed by atoms with Crippen LogP contribution in [0.4, 0.5) is 0 Å². The maximum absolute atomic E-state index is 10.8.